The summed E-state index contributed by atoms with van der Waals surface area (Å²) in [6.45, 7) is 0. The van der Waals surface area contributed by atoms with Gasteiger partial charge < -0.3 is 14.2 Å². The van der Waals surface area contributed by atoms with Gasteiger partial charge in [0.25, 0.3) is 0 Å². The summed E-state index contributed by atoms with van der Waals surface area (Å²) < 4.78 is 89.8. The number of carbonyl (C=O) groups is 1. The van der Waals surface area contributed by atoms with Crippen LogP contribution in [0.15, 0.2) is 66.9 Å². The molecule has 1 aromatic heterocycles. The minimum Gasteiger partial charge on any atom is -0.439 e. The lowest BCUT2D eigenvalue weighted by molar-refractivity contribution is -0.274. The topological polar surface area (TPSA) is 60.9 Å². The van der Waals surface area contributed by atoms with Crippen molar-refractivity contribution in [2.45, 2.75) is 12.5 Å². The van der Waals surface area contributed by atoms with Gasteiger partial charge in [0, 0.05) is 19.3 Å². The standard InChI is InChI=1S/C21H14F6N2O4/c1-29(16-4-2-3-5-17(16)33-21(25,26)27)19(30)32-15-9-7-14(8-10-15)31-18-11-6-13(12-28-18)20(22,23)24/h2-12H,1H3. The van der Waals surface area contributed by atoms with E-state index in [9.17, 15) is 31.1 Å². The average molecular weight is 472 g/mol. The van der Waals surface area contributed by atoms with E-state index in [0.717, 1.165) is 23.1 Å². The van der Waals surface area contributed by atoms with E-state index in [1.807, 2.05) is 0 Å². The highest BCUT2D eigenvalue weighted by molar-refractivity contribution is 5.90. The van der Waals surface area contributed by atoms with Crippen molar-refractivity contribution in [1.29, 1.82) is 0 Å². The molecule has 0 bridgehead atoms. The van der Waals surface area contributed by atoms with Gasteiger partial charge in [0.15, 0.2) is 5.75 Å². The quantitative estimate of drug-likeness (QED) is 0.401. The summed E-state index contributed by atoms with van der Waals surface area (Å²) >= 11 is 0. The van der Waals surface area contributed by atoms with Crippen molar-refractivity contribution in [1.82, 2.24) is 4.98 Å². The van der Waals surface area contributed by atoms with Crippen molar-refractivity contribution in [3.8, 4) is 23.1 Å². The molecule has 0 aliphatic carbocycles. The van der Waals surface area contributed by atoms with E-state index in [-0.39, 0.29) is 23.1 Å². The van der Waals surface area contributed by atoms with Gasteiger partial charge >= 0.3 is 18.6 Å². The van der Waals surface area contributed by atoms with Crippen LogP contribution in [0.25, 0.3) is 0 Å². The van der Waals surface area contributed by atoms with Gasteiger partial charge in [0.05, 0.1) is 11.3 Å². The molecule has 1 amide bonds. The van der Waals surface area contributed by atoms with Gasteiger partial charge in [-0.1, -0.05) is 12.1 Å². The molecule has 0 atom stereocenters. The van der Waals surface area contributed by atoms with Crippen molar-refractivity contribution in [2.24, 2.45) is 0 Å². The van der Waals surface area contributed by atoms with Crippen molar-refractivity contribution in [3.63, 3.8) is 0 Å². The SMILES string of the molecule is CN(C(=O)Oc1ccc(Oc2ccc(C(F)(F)F)cn2)cc1)c1ccccc1OC(F)(F)F. The van der Waals surface area contributed by atoms with Crippen LogP contribution in [0.5, 0.6) is 23.1 Å². The van der Waals surface area contributed by atoms with Gasteiger partial charge in [-0.2, -0.15) is 13.2 Å². The molecule has 0 saturated carbocycles. The zero-order valence-electron chi connectivity index (χ0n) is 16.6. The molecule has 0 N–H and O–H groups in total. The van der Waals surface area contributed by atoms with Crippen LogP contribution in [0.3, 0.4) is 0 Å². The van der Waals surface area contributed by atoms with Crippen LogP contribution in [-0.2, 0) is 6.18 Å². The molecule has 3 rings (SSSR count). The molecule has 1 heterocycles. The Balaban J connectivity index is 1.65. The molecule has 3 aromatic rings. The van der Waals surface area contributed by atoms with Crippen LogP contribution in [0.4, 0.5) is 36.8 Å². The maximum atomic E-state index is 12.6. The first kappa shape index (κ1) is 23.7. The summed E-state index contributed by atoms with van der Waals surface area (Å²) in [4.78, 5) is 16.8. The Morgan fingerprint density at radius 1 is 0.879 bits per heavy atom. The van der Waals surface area contributed by atoms with E-state index in [2.05, 4.69) is 9.72 Å². The number of carbonyl (C=O) groups excluding carboxylic acids is 1. The number of hydrogen-bond donors (Lipinski definition) is 0. The van der Waals surface area contributed by atoms with Crippen LogP contribution in [0, 0.1) is 0 Å². The summed E-state index contributed by atoms with van der Waals surface area (Å²) in [6.07, 6.45) is -9.84. The average Bonchev–Trinajstić information content (AvgIpc) is 2.73. The van der Waals surface area contributed by atoms with E-state index in [1.54, 1.807) is 0 Å². The number of ether oxygens (including phenoxy) is 3. The van der Waals surface area contributed by atoms with Crippen LogP contribution in [-0.4, -0.2) is 24.5 Å². The molecule has 0 radical (unpaired) electrons. The zero-order chi connectivity index (χ0) is 24.2. The molecule has 0 saturated heterocycles. The maximum absolute atomic E-state index is 12.6. The Labute approximate surface area is 182 Å². The van der Waals surface area contributed by atoms with Crippen LogP contribution in [0.1, 0.15) is 5.56 Å². The Bertz CT molecular complexity index is 1100. The van der Waals surface area contributed by atoms with E-state index in [1.165, 1.54) is 49.5 Å². The second-order valence-corrected chi connectivity index (χ2v) is 6.40. The summed E-state index contributed by atoms with van der Waals surface area (Å²) in [7, 11) is 1.20. The van der Waals surface area contributed by atoms with Gasteiger partial charge in [-0.05, 0) is 42.5 Å². The number of alkyl halides is 6. The van der Waals surface area contributed by atoms with E-state index >= 15 is 0 Å². The lowest BCUT2D eigenvalue weighted by Crippen LogP contribution is -2.30. The third-order valence-electron chi connectivity index (χ3n) is 4.04. The molecule has 0 spiro atoms. The summed E-state index contributed by atoms with van der Waals surface area (Å²) in [5.41, 5.74) is -1.10. The molecule has 2 aromatic carbocycles. The van der Waals surface area contributed by atoms with Crippen molar-refractivity contribution in [2.75, 3.05) is 11.9 Å². The summed E-state index contributed by atoms with van der Waals surface area (Å²) in [5, 5.41) is 0. The predicted molar refractivity (Wildman–Crippen MR) is 103 cm³/mol. The molecule has 12 heteroatoms. The molecule has 174 valence electrons. The van der Waals surface area contributed by atoms with Gasteiger partial charge in [-0.15, -0.1) is 13.2 Å². The number of amides is 1. The summed E-state index contributed by atoms with van der Waals surface area (Å²) in [5.74, 6) is -0.445. The third-order valence-corrected chi connectivity index (χ3v) is 4.04. The van der Waals surface area contributed by atoms with Gasteiger partial charge in [0.1, 0.15) is 11.5 Å². The molecule has 0 unspecified atom stereocenters. The Hall–Kier alpha value is -3.96. The number of hydrogen-bond acceptors (Lipinski definition) is 5. The molecular weight excluding hydrogens is 458 g/mol. The van der Waals surface area contributed by atoms with E-state index in [0.29, 0.717) is 6.20 Å². The van der Waals surface area contributed by atoms with Crippen molar-refractivity contribution in [3.05, 3.63) is 72.4 Å². The Morgan fingerprint density at radius 3 is 2.09 bits per heavy atom. The molecule has 0 fully saturated rings. The van der Waals surface area contributed by atoms with E-state index in [4.69, 9.17) is 9.47 Å². The van der Waals surface area contributed by atoms with Gasteiger partial charge in [-0.25, -0.2) is 9.78 Å². The normalized spacial score (nSPS) is 11.6. The van der Waals surface area contributed by atoms with Crippen LogP contribution >= 0.6 is 0 Å². The Kier molecular flexibility index (Phi) is 6.65. The number of aromatic nitrogens is 1. The highest BCUT2D eigenvalue weighted by Gasteiger charge is 2.33. The summed E-state index contributed by atoms with van der Waals surface area (Å²) in [6, 6.07) is 12.3. The van der Waals surface area contributed by atoms with Crippen LogP contribution < -0.4 is 19.1 Å². The fourth-order valence-corrected chi connectivity index (χ4v) is 2.52. The number of benzene rings is 2. The monoisotopic (exact) mass is 472 g/mol. The second-order valence-electron chi connectivity index (χ2n) is 6.40. The zero-order valence-corrected chi connectivity index (χ0v) is 16.6. The number of nitrogens with zero attached hydrogens (tertiary/aromatic N) is 2. The fourth-order valence-electron chi connectivity index (χ4n) is 2.52. The first-order valence-corrected chi connectivity index (χ1v) is 9.04. The minimum atomic E-state index is -4.95. The van der Waals surface area contributed by atoms with Crippen molar-refractivity contribution >= 4 is 11.8 Å². The van der Waals surface area contributed by atoms with Gasteiger partial charge in [0.2, 0.25) is 5.88 Å². The first-order chi connectivity index (χ1) is 15.4. The molecule has 0 aliphatic heterocycles. The van der Waals surface area contributed by atoms with Crippen LogP contribution in [0.2, 0.25) is 0 Å². The fraction of sp³-hybridized carbons (Fsp3) is 0.143. The molecule has 33 heavy (non-hydrogen) atoms. The lowest BCUT2D eigenvalue weighted by Gasteiger charge is -2.20. The molecule has 0 aliphatic rings. The second kappa shape index (κ2) is 9.27. The largest absolute Gasteiger partial charge is 0.573 e. The predicted octanol–water partition coefficient (Wildman–Crippen LogP) is 6.43. The third kappa shape index (κ3) is 6.51. The highest BCUT2D eigenvalue weighted by Crippen LogP contribution is 2.33. The van der Waals surface area contributed by atoms with Crippen molar-refractivity contribution < 1.29 is 45.3 Å². The van der Waals surface area contributed by atoms with Gasteiger partial charge in [-0.3, -0.25) is 4.90 Å². The molecular formula is C21H14F6N2O4. The minimum absolute atomic E-state index is 0.0359. The lowest BCUT2D eigenvalue weighted by atomic mass is 10.3. The number of para-hydroxylation sites is 2. The number of anilines is 1. The Morgan fingerprint density at radius 2 is 1.52 bits per heavy atom. The molecule has 6 nitrogen and oxygen atoms in total. The number of pyridine rings is 1. The maximum Gasteiger partial charge on any atom is 0.573 e. The number of halogens is 6. The van der Waals surface area contributed by atoms with E-state index < -0.39 is 29.9 Å². The number of rotatable bonds is 5. The smallest absolute Gasteiger partial charge is 0.439 e. The first-order valence-electron chi connectivity index (χ1n) is 9.04. The highest BCUT2D eigenvalue weighted by atomic mass is 19.4.